The molecular formula is C15H26O2. The first-order valence-corrected chi connectivity index (χ1v) is 7.66. The normalized spacial score (nSPS) is 37.4. The summed E-state index contributed by atoms with van der Waals surface area (Å²) < 4.78 is 11.3. The van der Waals surface area contributed by atoms with Gasteiger partial charge in [-0.05, 0) is 37.5 Å². The van der Waals surface area contributed by atoms with Crippen molar-refractivity contribution in [2.24, 2.45) is 17.8 Å². The lowest BCUT2D eigenvalue weighted by Gasteiger charge is -2.36. The highest BCUT2D eigenvalue weighted by atomic mass is 16.7. The Hall–Kier alpha value is -0.0800. The molecule has 0 spiro atoms. The lowest BCUT2D eigenvalue weighted by Crippen LogP contribution is -2.29. The van der Waals surface area contributed by atoms with Crippen LogP contribution in [0.2, 0.25) is 0 Å². The molecule has 0 N–H and O–H groups in total. The van der Waals surface area contributed by atoms with Gasteiger partial charge in [0.1, 0.15) is 0 Å². The number of hydrogen-bond acceptors (Lipinski definition) is 2. The molecular weight excluding hydrogens is 212 g/mol. The Morgan fingerprint density at radius 1 is 0.529 bits per heavy atom. The Morgan fingerprint density at radius 2 is 1.06 bits per heavy atom. The summed E-state index contributed by atoms with van der Waals surface area (Å²) in [5, 5.41) is 0. The van der Waals surface area contributed by atoms with Crippen LogP contribution in [0, 0.1) is 17.8 Å². The molecule has 0 aromatic heterocycles. The minimum atomic E-state index is 0.141. The third-order valence-electron chi connectivity index (χ3n) is 5.17. The Kier molecular flexibility index (Phi) is 4.02. The molecule has 3 rings (SSSR count). The predicted octanol–water partition coefficient (Wildman–Crippen LogP) is 3.75. The molecule has 0 amide bonds. The fraction of sp³-hybridized carbons (Fsp3) is 1.00. The van der Waals surface area contributed by atoms with Crippen molar-refractivity contribution in [1.29, 1.82) is 0 Å². The molecule has 17 heavy (non-hydrogen) atoms. The van der Waals surface area contributed by atoms with Gasteiger partial charge in [0.25, 0.3) is 0 Å². The molecule has 3 aliphatic rings. The lowest BCUT2D eigenvalue weighted by molar-refractivity contribution is -0.0971. The van der Waals surface area contributed by atoms with Crippen molar-refractivity contribution in [1.82, 2.24) is 0 Å². The van der Waals surface area contributed by atoms with Gasteiger partial charge < -0.3 is 9.47 Å². The van der Waals surface area contributed by atoms with Crippen LogP contribution in [-0.4, -0.2) is 19.5 Å². The van der Waals surface area contributed by atoms with E-state index in [9.17, 15) is 0 Å². The maximum atomic E-state index is 5.65. The highest BCUT2D eigenvalue weighted by Gasteiger charge is 2.33. The van der Waals surface area contributed by atoms with Gasteiger partial charge in [0.05, 0.1) is 13.2 Å². The van der Waals surface area contributed by atoms with E-state index in [2.05, 4.69) is 0 Å². The minimum Gasteiger partial charge on any atom is -0.350 e. The Bertz CT molecular complexity index is 221. The summed E-state index contributed by atoms with van der Waals surface area (Å²) in [6.07, 6.45) is 13.1. The Labute approximate surface area is 105 Å². The average Bonchev–Trinajstić information content (AvgIpc) is 2.94. The van der Waals surface area contributed by atoms with E-state index in [1.807, 2.05) is 0 Å². The fourth-order valence-electron chi connectivity index (χ4n) is 4.14. The topological polar surface area (TPSA) is 18.5 Å². The molecule has 0 bridgehead atoms. The SMILES string of the molecule is C1CCC(C2CCC(C3OCCO3)CC2)CC1. The van der Waals surface area contributed by atoms with Crippen LogP contribution in [0.1, 0.15) is 57.8 Å². The summed E-state index contributed by atoms with van der Waals surface area (Å²) in [7, 11) is 0. The van der Waals surface area contributed by atoms with Crippen molar-refractivity contribution in [2.75, 3.05) is 13.2 Å². The van der Waals surface area contributed by atoms with Crippen LogP contribution in [0.15, 0.2) is 0 Å². The predicted molar refractivity (Wildman–Crippen MR) is 67.7 cm³/mol. The smallest absolute Gasteiger partial charge is 0.160 e. The second-order valence-corrected chi connectivity index (χ2v) is 6.18. The molecule has 3 fully saturated rings. The number of hydrogen-bond donors (Lipinski definition) is 0. The van der Waals surface area contributed by atoms with Gasteiger partial charge in [-0.15, -0.1) is 0 Å². The number of rotatable bonds is 2. The standard InChI is InChI=1S/C15H26O2/c1-2-4-12(5-3-1)13-6-8-14(9-7-13)15-16-10-11-17-15/h12-15H,1-11H2. The molecule has 0 atom stereocenters. The summed E-state index contributed by atoms with van der Waals surface area (Å²) in [5.41, 5.74) is 0. The summed E-state index contributed by atoms with van der Waals surface area (Å²) >= 11 is 0. The first kappa shape index (κ1) is 12.0. The first-order valence-electron chi connectivity index (χ1n) is 7.66. The van der Waals surface area contributed by atoms with Crippen molar-refractivity contribution >= 4 is 0 Å². The molecule has 98 valence electrons. The molecule has 1 heterocycles. The second kappa shape index (κ2) is 5.71. The van der Waals surface area contributed by atoms with E-state index in [1.54, 1.807) is 0 Å². The summed E-state index contributed by atoms with van der Waals surface area (Å²) in [4.78, 5) is 0. The van der Waals surface area contributed by atoms with Crippen LogP contribution in [0.3, 0.4) is 0 Å². The van der Waals surface area contributed by atoms with E-state index in [-0.39, 0.29) is 6.29 Å². The largest absolute Gasteiger partial charge is 0.350 e. The maximum absolute atomic E-state index is 5.65. The van der Waals surface area contributed by atoms with E-state index < -0.39 is 0 Å². The molecule has 2 aliphatic carbocycles. The fourth-order valence-corrected chi connectivity index (χ4v) is 4.14. The molecule has 2 nitrogen and oxygen atoms in total. The molecule has 1 saturated heterocycles. The molecule has 0 aromatic carbocycles. The summed E-state index contributed by atoms with van der Waals surface area (Å²) in [6, 6.07) is 0. The van der Waals surface area contributed by atoms with Gasteiger partial charge in [0, 0.05) is 5.92 Å². The maximum Gasteiger partial charge on any atom is 0.160 e. The van der Waals surface area contributed by atoms with Gasteiger partial charge in [-0.1, -0.05) is 32.1 Å². The van der Waals surface area contributed by atoms with Crippen molar-refractivity contribution in [2.45, 2.75) is 64.1 Å². The van der Waals surface area contributed by atoms with Crippen molar-refractivity contribution in [3.63, 3.8) is 0 Å². The average molecular weight is 238 g/mol. The van der Waals surface area contributed by atoms with E-state index in [0.29, 0.717) is 5.92 Å². The van der Waals surface area contributed by atoms with Crippen molar-refractivity contribution < 1.29 is 9.47 Å². The third kappa shape index (κ3) is 2.85. The van der Waals surface area contributed by atoms with E-state index in [1.165, 1.54) is 57.8 Å². The highest BCUT2D eigenvalue weighted by molar-refractivity contribution is 4.81. The molecule has 2 heteroatoms. The molecule has 0 radical (unpaired) electrons. The van der Waals surface area contributed by atoms with E-state index >= 15 is 0 Å². The zero-order valence-corrected chi connectivity index (χ0v) is 10.9. The van der Waals surface area contributed by atoms with Crippen molar-refractivity contribution in [3.05, 3.63) is 0 Å². The van der Waals surface area contributed by atoms with Gasteiger partial charge >= 0.3 is 0 Å². The zero-order valence-electron chi connectivity index (χ0n) is 10.9. The number of ether oxygens (including phenoxy) is 2. The third-order valence-corrected chi connectivity index (χ3v) is 5.17. The van der Waals surface area contributed by atoms with E-state index in [0.717, 1.165) is 25.0 Å². The van der Waals surface area contributed by atoms with Crippen LogP contribution in [0.4, 0.5) is 0 Å². The molecule has 0 unspecified atom stereocenters. The summed E-state index contributed by atoms with van der Waals surface area (Å²) in [6.45, 7) is 1.63. The van der Waals surface area contributed by atoms with Gasteiger partial charge in [0.15, 0.2) is 6.29 Å². The van der Waals surface area contributed by atoms with Crippen LogP contribution in [0.25, 0.3) is 0 Å². The van der Waals surface area contributed by atoms with Gasteiger partial charge in [-0.2, -0.15) is 0 Å². The quantitative estimate of drug-likeness (QED) is 0.729. The Morgan fingerprint density at radius 3 is 1.71 bits per heavy atom. The van der Waals surface area contributed by atoms with Crippen molar-refractivity contribution in [3.8, 4) is 0 Å². The molecule has 2 saturated carbocycles. The lowest BCUT2D eigenvalue weighted by atomic mass is 9.71. The van der Waals surface area contributed by atoms with Crippen LogP contribution in [-0.2, 0) is 9.47 Å². The second-order valence-electron chi connectivity index (χ2n) is 6.18. The Balaban J connectivity index is 1.46. The first-order chi connectivity index (χ1) is 8.43. The summed E-state index contributed by atoms with van der Waals surface area (Å²) in [5.74, 6) is 2.76. The van der Waals surface area contributed by atoms with Crippen LogP contribution in [0.5, 0.6) is 0 Å². The van der Waals surface area contributed by atoms with Crippen LogP contribution >= 0.6 is 0 Å². The zero-order chi connectivity index (χ0) is 11.5. The van der Waals surface area contributed by atoms with Gasteiger partial charge in [-0.3, -0.25) is 0 Å². The highest BCUT2D eigenvalue weighted by Crippen LogP contribution is 2.41. The molecule has 0 aromatic rings. The minimum absolute atomic E-state index is 0.141. The van der Waals surface area contributed by atoms with Crippen LogP contribution < -0.4 is 0 Å². The van der Waals surface area contributed by atoms with Gasteiger partial charge in [-0.25, -0.2) is 0 Å². The van der Waals surface area contributed by atoms with E-state index in [4.69, 9.17) is 9.47 Å². The monoisotopic (exact) mass is 238 g/mol. The molecule has 1 aliphatic heterocycles. The van der Waals surface area contributed by atoms with Gasteiger partial charge in [0.2, 0.25) is 0 Å².